The molecule has 0 aliphatic carbocycles. The molecule has 2 heteroatoms. The van der Waals surface area contributed by atoms with Crippen LogP contribution in [0, 0.1) is 18.1 Å². The minimum absolute atomic E-state index is 0.800. The van der Waals surface area contributed by atoms with Gasteiger partial charge in [-0.25, -0.2) is 4.21 Å². The zero-order chi connectivity index (χ0) is 11.8. The SMILES string of the molecule is CCCCCC#CS(=O)c1ccc(C)cc1. The van der Waals surface area contributed by atoms with E-state index in [0.29, 0.717) is 0 Å². The first kappa shape index (κ1) is 13.0. The van der Waals surface area contributed by atoms with Gasteiger partial charge < -0.3 is 0 Å². The van der Waals surface area contributed by atoms with Crippen molar-refractivity contribution in [2.75, 3.05) is 0 Å². The summed E-state index contributed by atoms with van der Waals surface area (Å²) >= 11 is 0. The third-order valence-electron chi connectivity index (χ3n) is 2.31. The van der Waals surface area contributed by atoms with Crippen LogP contribution in [0.2, 0.25) is 0 Å². The van der Waals surface area contributed by atoms with Crippen LogP contribution >= 0.6 is 0 Å². The molecule has 1 aromatic carbocycles. The molecule has 0 radical (unpaired) electrons. The van der Waals surface area contributed by atoms with E-state index in [4.69, 9.17) is 0 Å². The summed E-state index contributed by atoms with van der Waals surface area (Å²) in [5, 5.41) is 2.80. The second kappa shape index (κ2) is 7.24. The quantitative estimate of drug-likeness (QED) is 0.574. The van der Waals surface area contributed by atoms with Crippen molar-refractivity contribution in [3.05, 3.63) is 29.8 Å². The molecule has 0 aliphatic rings. The van der Waals surface area contributed by atoms with E-state index in [1.54, 1.807) is 0 Å². The Morgan fingerprint density at radius 1 is 1.19 bits per heavy atom. The molecule has 0 N–H and O–H groups in total. The highest BCUT2D eigenvalue weighted by atomic mass is 32.2. The number of benzene rings is 1. The van der Waals surface area contributed by atoms with Gasteiger partial charge in [0, 0.05) is 11.7 Å². The number of aryl methyl sites for hydroxylation is 1. The molecular formula is C14H18OS. The Balaban J connectivity index is 2.48. The smallest absolute Gasteiger partial charge is 0.130 e. The Morgan fingerprint density at radius 3 is 2.50 bits per heavy atom. The van der Waals surface area contributed by atoms with Gasteiger partial charge in [-0.2, -0.15) is 0 Å². The van der Waals surface area contributed by atoms with Crippen molar-refractivity contribution in [1.82, 2.24) is 0 Å². The Hall–Kier alpha value is -1.07. The summed E-state index contributed by atoms with van der Waals surface area (Å²) in [6, 6.07) is 7.69. The summed E-state index contributed by atoms with van der Waals surface area (Å²) in [4.78, 5) is 0.800. The molecule has 86 valence electrons. The number of hydrogen-bond donors (Lipinski definition) is 0. The molecule has 1 aromatic rings. The minimum atomic E-state index is -1.16. The van der Waals surface area contributed by atoms with Gasteiger partial charge in [0.05, 0.1) is 4.90 Å². The summed E-state index contributed by atoms with van der Waals surface area (Å²) in [7, 11) is -1.16. The molecule has 1 unspecified atom stereocenters. The van der Waals surface area contributed by atoms with Crippen LogP contribution in [0.25, 0.3) is 0 Å². The highest BCUT2D eigenvalue weighted by molar-refractivity contribution is 7.89. The fourth-order valence-electron chi connectivity index (χ4n) is 1.30. The fraction of sp³-hybridized carbons (Fsp3) is 0.429. The molecule has 1 nitrogen and oxygen atoms in total. The average molecular weight is 234 g/mol. The maximum atomic E-state index is 11.7. The van der Waals surface area contributed by atoms with Gasteiger partial charge >= 0.3 is 0 Å². The molecule has 0 aromatic heterocycles. The Labute approximate surface area is 101 Å². The van der Waals surface area contributed by atoms with E-state index in [9.17, 15) is 4.21 Å². The van der Waals surface area contributed by atoms with Crippen molar-refractivity contribution in [2.24, 2.45) is 0 Å². The van der Waals surface area contributed by atoms with E-state index in [-0.39, 0.29) is 0 Å². The highest BCUT2D eigenvalue weighted by Gasteiger charge is 1.97. The summed E-state index contributed by atoms with van der Waals surface area (Å²) in [5.41, 5.74) is 1.18. The van der Waals surface area contributed by atoms with E-state index in [0.717, 1.165) is 17.7 Å². The van der Waals surface area contributed by atoms with E-state index in [1.165, 1.54) is 18.4 Å². The van der Waals surface area contributed by atoms with E-state index in [1.807, 2.05) is 31.2 Å². The van der Waals surface area contributed by atoms with Crippen LogP contribution in [0.5, 0.6) is 0 Å². The monoisotopic (exact) mass is 234 g/mol. The van der Waals surface area contributed by atoms with E-state index in [2.05, 4.69) is 18.1 Å². The Morgan fingerprint density at radius 2 is 1.88 bits per heavy atom. The molecule has 1 rings (SSSR count). The van der Waals surface area contributed by atoms with Crippen molar-refractivity contribution in [3.8, 4) is 11.2 Å². The Kier molecular flexibility index (Phi) is 5.88. The van der Waals surface area contributed by atoms with E-state index >= 15 is 0 Å². The average Bonchev–Trinajstić information content (AvgIpc) is 2.29. The zero-order valence-electron chi connectivity index (χ0n) is 9.95. The van der Waals surface area contributed by atoms with Crippen LogP contribution in [-0.4, -0.2) is 4.21 Å². The van der Waals surface area contributed by atoms with Crippen molar-refractivity contribution in [3.63, 3.8) is 0 Å². The predicted octanol–water partition coefficient (Wildman–Crippen LogP) is 3.64. The molecule has 0 saturated heterocycles. The molecule has 0 spiro atoms. The van der Waals surface area contributed by atoms with Crippen LogP contribution in [0.1, 0.15) is 38.2 Å². The standard InChI is InChI=1S/C14H18OS/c1-3-4-5-6-7-12-16(15)14-10-8-13(2)9-11-14/h8-11H,3-6H2,1-2H3. The molecule has 0 heterocycles. The number of hydrogen-bond acceptors (Lipinski definition) is 1. The topological polar surface area (TPSA) is 17.1 Å². The van der Waals surface area contributed by atoms with Crippen molar-refractivity contribution >= 4 is 10.8 Å². The number of rotatable bonds is 4. The molecular weight excluding hydrogens is 216 g/mol. The molecule has 16 heavy (non-hydrogen) atoms. The fourth-order valence-corrected chi connectivity index (χ4v) is 2.04. The Bertz CT molecular complexity index is 395. The third-order valence-corrected chi connectivity index (χ3v) is 3.34. The molecule has 1 atom stereocenters. The highest BCUT2D eigenvalue weighted by Crippen LogP contribution is 2.07. The van der Waals surface area contributed by atoms with Gasteiger partial charge in [0.25, 0.3) is 0 Å². The lowest BCUT2D eigenvalue weighted by molar-refractivity contribution is 0.689. The van der Waals surface area contributed by atoms with Crippen LogP contribution in [0.15, 0.2) is 29.2 Å². The second-order valence-electron chi connectivity index (χ2n) is 3.82. The molecule has 0 saturated carbocycles. The summed E-state index contributed by atoms with van der Waals surface area (Å²) in [5.74, 6) is 2.98. The number of unbranched alkanes of at least 4 members (excludes halogenated alkanes) is 3. The first-order valence-electron chi connectivity index (χ1n) is 5.71. The normalized spacial score (nSPS) is 11.6. The van der Waals surface area contributed by atoms with Crippen LogP contribution in [0.4, 0.5) is 0 Å². The van der Waals surface area contributed by atoms with Gasteiger partial charge in [0.1, 0.15) is 10.8 Å². The van der Waals surface area contributed by atoms with Gasteiger partial charge in [-0.15, -0.1) is 0 Å². The van der Waals surface area contributed by atoms with Crippen molar-refractivity contribution < 1.29 is 4.21 Å². The van der Waals surface area contributed by atoms with Crippen molar-refractivity contribution in [1.29, 1.82) is 0 Å². The van der Waals surface area contributed by atoms with Crippen molar-refractivity contribution in [2.45, 2.75) is 44.4 Å². The maximum absolute atomic E-state index is 11.7. The summed E-state index contributed by atoms with van der Waals surface area (Å²) in [6.07, 6.45) is 4.36. The largest absolute Gasteiger partial charge is 0.240 e. The van der Waals surface area contributed by atoms with Crippen LogP contribution < -0.4 is 0 Å². The lowest BCUT2D eigenvalue weighted by Gasteiger charge is -1.95. The van der Waals surface area contributed by atoms with Gasteiger partial charge in [-0.3, -0.25) is 0 Å². The maximum Gasteiger partial charge on any atom is 0.130 e. The second-order valence-corrected chi connectivity index (χ2v) is 5.03. The van der Waals surface area contributed by atoms with Gasteiger partial charge in [0.15, 0.2) is 0 Å². The summed E-state index contributed by atoms with van der Waals surface area (Å²) < 4.78 is 11.7. The molecule has 0 bridgehead atoms. The van der Waals surface area contributed by atoms with Gasteiger partial charge in [-0.05, 0) is 25.5 Å². The zero-order valence-corrected chi connectivity index (χ0v) is 10.8. The minimum Gasteiger partial charge on any atom is -0.240 e. The molecule has 0 aliphatic heterocycles. The predicted molar refractivity (Wildman–Crippen MR) is 69.5 cm³/mol. The lowest BCUT2D eigenvalue weighted by Crippen LogP contribution is -1.86. The van der Waals surface area contributed by atoms with Crippen LogP contribution in [-0.2, 0) is 10.8 Å². The first-order chi connectivity index (χ1) is 7.74. The molecule has 0 amide bonds. The molecule has 0 fully saturated rings. The van der Waals surface area contributed by atoms with Crippen LogP contribution in [0.3, 0.4) is 0 Å². The van der Waals surface area contributed by atoms with Gasteiger partial charge in [0.2, 0.25) is 0 Å². The lowest BCUT2D eigenvalue weighted by atomic mass is 10.2. The third kappa shape index (κ3) is 4.63. The van der Waals surface area contributed by atoms with E-state index < -0.39 is 10.8 Å². The first-order valence-corrected chi connectivity index (χ1v) is 6.86. The summed E-state index contributed by atoms with van der Waals surface area (Å²) in [6.45, 7) is 4.18. The van der Waals surface area contributed by atoms with Gasteiger partial charge in [-0.1, -0.05) is 43.4 Å².